The standard InChI is InChI=1S/2Cd.2Zn/q4*+2. The third-order valence-electron chi connectivity index (χ3n) is 0. The monoisotopic (exact) mass is 356 g/mol. The molecule has 0 nitrogen and oxygen atoms in total. The van der Waals surface area contributed by atoms with E-state index in [0.717, 1.165) is 0 Å². The second-order valence-corrected chi connectivity index (χ2v) is 0. The molecule has 0 aliphatic heterocycles. The van der Waals surface area contributed by atoms with E-state index in [9.17, 15) is 0 Å². The van der Waals surface area contributed by atoms with Crippen molar-refractivity contribution in [3.63, 3.8) is 0 Å². The molecule has 0 unspecified atom stereocenters. The van der Waals surface area contributed by atoms with Crippen molar-refractivity contribution in [2.75, 3.05) is 0 Å². The van der Waals surface area contributed by atoms with Crippen LogP contribution in [-0.2, 0) is 93.6 Å². The third-order valence-corrected chi connectivity index (χ3v) is 0. The first-order valence-electron chi connectivity index (χ1n) is 0. The summed E-state index contributed by atoms with van der Waals surface area (Å²) in [4.78, 5) is 0. The number of hydrogen-bond acceptors (Lipinski definition) is 0. The number of rotatable bonds is 0. The smallest absolute Gasteiger partial charge is 2.00 e. The van der Waals surface area contributed by atoms with Gasteiger partial charge in [-0.25, -0.2) is 0 Å². The van der Waals surface area contributed by atoms with Crippen LogP contribution < -0.4 is 0 Å². The molecule has 0 valence electrons. The maximum atomic E-state index is 0. The van der Waals surface area contributed by atoms with Crippen molar-refractivity contribution < 1.29 is 93.6 Å². The van der Waals surface area contributed by atoms with Crippen molar-refractivity contribution in [2.45, 2.75) is 0 Å². The minimum Gasteiger partial charge on any atom is 2.00 e. The zero-order chi connectivity index (χ0) is 0. The normalized spacial score (nSPS) is 0. The summed E-state index contributed by atoms with van der Waals surface area (Å²) >= 11 is 0. The van der Waals surface area contributed by atoms with E-state index in [1.165, 1.54) is 0 Å². The van der Waals surface area contributed by atoms with Crippen LogP contribution in [0.15, 0.2) is 0 Å². The fourth-order valence-corrected chi connectivity index (χ4v) is 0. The Bertz CT molecular complexity index is 4.00. The summed E-state index contributed by atoms with van der Waals surface area (Å²) < 4.78 is 0. The Labute approximate surface area is 91.7 Å². The van der Waals surface area contributed by atoms with Crippen molar-refractivity contribution in [3.8, 4) is 0 Å². The second-order valence-electron chi connectivity index (χ2n) is 0. The Morgan fingerprint density at radius 2 is 0.500 bits per heavy atom. The van der Waals surface area contributed by atoms with Crippen LogP contribution in [-0.4, -0.2) is 0 Å². The fraction of sp³-hybridized carbons (Fsp3) is 0. The minimum atomic E-state index is 0. The summed E-state index contributed by atoms with van der Waals surface area (Å²) in [5, 5.41) is 0. The average Bonchev–Trinajstić information content (AvgIpc) is 0. The molecule has 0 aliphatic carbocycles. The van der Waals surface area contributed by atoms with Gasteiger partial charge in [-0.05, 0) is 0 Å². The van der Waals surface area contributed by atoms with Crippen molar-refractivity contribution in [2.24, 2.45) is 0 Å². The molecule has 0 amide bonds. The van der Waals surface area contributed by atoms with E-state index in [-0.39, 0.29) is 93.6 Å². The molecule has 0 radical (unpaired) electrons. The summed E-state index contributed by atoms with van der Waals surface area (Å²) in [5.74, 6) is 0. The molecule has 0 saturated carbocycles. The van der Waals surface area contributed by atoms with Gasteiger partial charge in [0.15, 0.2) is 0 Å². The van der Waals surface area contributed by atoms with Crippen molar-refractivity contribution in [3.05, 3.63) is 0 Å². The Morgan fingerprint density at radius 1 is 0.500 bits per heavy atom. The molecule has 0 rings (SSSR count). The Kier molecular flexibility index (Phi) is 114. The number of hydrogen-bond donors (Lipinski definition) is 0. The van der Waals surface area contributed by atoms with Crippen LogP contribution in [0, 0.1) is 0 Å². The first kappa shape index (κ1) is 27.5. The quantitative estimate of drug-likeness (QED) is 0.536. The van der Waals surface area contributed by atoms with Gasteiger partial charge < -0.3 is 0 Å². The van der Waals surface area contributed by atoms with Crippen molar-refractivity contribution in [1.82, 2.24) is 0 Å². The van der Waals surface area contributed by atoms with E-state index < -0.39 is 0 Å². The van der Waals surface area contributed by atoms with Crippen LogP contribution in [0.4, 0.5) is 0 Å². The molecule has 0 aromatic rings. The molecular weight excluding hydrogens is 356 g/mol. The maximum Gasteiger partial charge on any atom is 2.00 e. The molecule has 0 fully saturated rings. The molecular formula is Cd2Zn2+8. The van der Waals surface area contributed by atoms with Gasteiger partial charge >= 0.3 is 93.6 Å². The van der Waals surface area contributed by atoms with Gasteiger partial charge in [-0.2, -0.15) is 0 Å². The van der Waals surface area contributed by atoms with Gasteiger partial charge in [-0.3, -0.25) is 0 Å². The zero-order valence-electron chi connectivity index (χ0n) is 2.83. The molecule has 0 atom stereocenters. The molecule has 0 N–H and O–H groups in total. The van der Waals surface area contributed by atoms with Crippen LogP contribution in [0.2, 0.25) is 0 Å². The van der Waals surface area contributed by atoms with Crippen LogP contribution in [0.25, 0.3) is 0 Å². The molecule has 4 heavy (non-hydrogen) atoms. The Morgan fingerprint density at radius 3 is 0.500 bits per heavy atom. The van der Waals surface area contributed by atoms with Crippen LogP contribution in [0.5, 0.6) is 0 Å². The van der Waals surface area contributed by atoms with Gasteiger partial charge in [0.05, 0.1) is 0 Å². The van der Waals surface area contributed by atoms with Crippen LogP contribution in [0.3, 0.4) is 0 Å². The molecule has 0 bridgehead atoms. The topological polar surface area (TPSA) is 0 Å². The van der Waals surface area contributed by atoms with Crippen molar-refractivity contribution in [1.29, 1.82) is 0 Å². The summed E-state index contributed by atoms with van der Waals surface area (Å²) in [6.07, 6.45) is 0. The molecule has 0 heterocycles. The van der Waals surface area contributed by atoms with Gasteiger partial charge in [0.25, 0.3) is 0 Å². The van der Waals surface area contributed by atoms with E-state index in [0.29, 0.717) is 0 Å². The zero-order valence-corrected chi connectivity index (χ0v) is 16.8. The second kappa shape index (κ2) is 16.5. The van der Waals surface area contributed by atoms with Crippen molar-refractivity contribution >= 4 is 0 Å². The molecule has 4 heteroatoms. The first-order chi connectivity index (χ1) is 0. The molecule has 0 saturated heterocycles. The predicted octanol–water partition coefficient (Wildman–Crippen LogP) is -0.0100. The molecule has 0 spiro atoms. The Balaban J connectivity index is 0. The molecule has 0 aliphatic rings. The summed E-state index contributed by atoms with van der Waals surface area (Å²) in [6.45, 7) is 0. The van der Waals surface area contributed by atoms with Gasteiger partial charge in [0.2, 0.25) is 0 Å². The molecule has 0 aromatic heterocycles. The van der Waals surface area contributed by atoms with E-state index in [2.05, 4.69) is 0 Å². The van der Waals surface area contributed by atoms with Gasteiger partial charge in [0, 0.05) is 0 Å². The third kappa shape index (κ3) is 8.92. The minimum absolute atomic E-state index is 0. The predicted molar refractivity (Wildman–Crippen MR) is 0 cm³/mol. The largest absolute Gasteiger partial charge is 2.00 e. The average molecular weight is 356 g/mol. The van der Waals surface area contributed by atoms with Crippen LogP contribution >= 0.6 is 0 Å². The molecule has 0 aromatic carbocycles. The van der Waals surface area contributed by atoms with E-state index in [4.69, 9.17) is 0 Å². The SMILES string of the molecule is [Cd+2].[Cd+2].[Zn+2].[Zn+2]. The van der Waals surface area contributed by atoms with Gasteiger partial charge in [0.1, 0.15) is 0 Å². The summed E-state index contributed by atoms with van der Waals surface area (Å²) in [6, 6.07) is 0. The Hall–Kier alpha value is 3.09. The first-order valence-corrected chi connectivity index (χ1v) is 0. The van der Waals surface area contributed by atoms with E-state index in [1.54, 1.807) is 0 Å². The van der Waals surface area contributed by atoms with Crippen LogP contribution in [0.1, 0.15) is 0 Å². The summed E-state index contributed by atoms with van der Waals surface area (Å²) in [5.41, 5.74) is 0. The van der Waals surface area contributed by atoms with Gasteiger partial charge in [-0.15, -0.1) is 0 Å². The van der Waals surface area contributed by atoms with E-state index >= 15 is 0 Å². The summed E-state index contributed by atoms with van der Waals surface area (Å²) in [7, 11) is 0. The fourth-order valence-electron chi connectivity index (χ4n) is 0. The van der Waals surface area contributed by atoms with Gasteiger partial charge in [-0.1, -0.05) is 0 Å². The van der Waals surface area contributed by atoms with E-state index in [1.807, 2.05) is 0 Å². The maximum absolute atomic E-state index is 0.